The van der Waals surface area contributed by atoms with Crippen LogP contribution in [0.2, 0.25) is 0 Å². The number of aromatic hydroxyl groups is 1. The molecule has 1 N–H and O–H groups in total. The Labute approximate surface area is 100 Å². The van der Waals surface area contributed by atoms with Gasteiger partial charge in [0.25, 0.3) is 0 Å². The van der Waals surface area contributed by atoms with Gasteiger partial charge in [0.05, 0.1) is 12.2 Å². The zero-order valence-electron chi connectivity index (χ0n) is 9.81. The highest BCUT2D eigenvalue weighted by Crippen LogP contribution is 2.25. The van der Waals surface area contributed by atoms with Crippen molar-refractivity contribution >= 4 is 5.78 Å². The van der Waals surface area contributed by atoms with E-state index in [0.29, 0.717) is 12.4 Å². The minimum atomic E-state index is -0.242. The minimum absolute atomic E-state index is 0.0191. The fourth-order valence-corrected chi connectivity index (χ4v) is 1.83. The molecule has 0 aliphatic carbocycles. The van der Waals surface area contributed by atoms with Crippen LogP contribution < -0.4 is 4.74 Å². The molecule has 1 heterocycles. The standard InChI is InChI=1S/C13H16O4/c1-9(14)11-8-10(5-6-12(11)15)17-13-4-2-3-7-16-13/h5-6,8,13,15H,2-4,7H2,1H3/t13-/m0/s1. The minimum Gasteiger partial charge on any atom is -0.507 e. The Morgan fingerprint density at radius 1 is 1.47 bits per heavy atom. The molecule has 1 atom stereocenters. The Hall–Kier alpha value is -1.55. The summed E-state index contributed by atoms with van der Waals surface area (Å²) in [6, 6.07) is 4.66. The van der Waals surface area contributed by atoms with Gasteiger partial charge in [-0.3, -0.25) is 4.79 Å². The van der Waals surface area contributed by atoms with Crippen LogP contribution in [0.5, 0.6) is 11.5 Å². The zero-order chi connectivity index (χ0) is 12.3. The number of carbonyl (C=O) groups is 1. The average Bonchev–Trinajstić information content (AvgIpc) is 2.32. The third kappa shape index (κ3) is 2.97. The number of rotatable bonds is 3. The summed E-state index contributed by atoms with van der Waals surface area (Å²) < 4.78 is 11.1. The fraction of sp³-hybridized carbons (Fsp3) is 0.462. The first-order valence-electron chi connectivity index (χ1n) is 5.79. The molecular formula is C13H16O4. The Morgan fingerprint density at radius 3 is 2.94 bits per heavy atom. The second kappa shape index (κ2) is 5.19. The number of benzene rings is 1. The van der Waals surface area contributed by atoms with Crippen molar-refractivity contribution in [3.63, 3.8) is 0 Å². The van der Waals surface area contributed by atoms with Crippen molar-refractivity contribution in [3.05, 3.63) is 23.8 Å². The van der Waals surface area contributed by atoms with E-state index in [1.54, 1.807) is 12.1 Å². The molecular weight excluding hydrogens is 220 g/mol. The van der Waals surface area contributed by atoms with E-state index >= 15 is 0 Å². The normalized spacial score (nSPS) is 19.9. The van der Waals surface area contributed by atoms with Crippen molar-refractivity contribution < 1.29 is 19.4 Å². The third-order valence-corrected chi connectivity index (χ3v) is 2.75. The number of ketones is 1. The predicted octanol–water partition coefficient (Wildman–Crippen LogP) is 2.50. The van der Waals surface area contributed by atoms with Gasteiger partial charge in [0, 0.05) is 6.42 Å². The van der Waals surface area contributed by atoms with Crippen molar-refractivity contribution in [2.24, 2.45) is 0 Å². The van der Waals surface area contributed by atoms with E-state index in [-0.39, 0.29) is 23.4 Å². The van der Waals surface area contributed by atoms with E-state index in [0.717, 1.165) is 19.3 Å². The van der Waals surface area contributed by atoms with Crippen LogP contribution in [0.1, 0.15) is 36.5 Å². The Kier molecular flexibility index (Phi) is 3.64. The van der Waals surface area contributed by atoms with Gasteiger partial charge in [-0.2, -0.15) is 0 Å². The second-order valence-electron chi connectivity index (χ2n) is 4.15. The van der Waals surface area contributed by atoms with Gasteiger partial charge in [-0.05, 0) is 38.0 Å². The maximum atomic E-state index is 11.3. The number of ether oxygens (including phenoxy) is 2. The van der Waals surface area contributed by atoms with E-state index in [1.807, 2.05) is 0 Å². The summed E-state index contributed by atoms with van der Waals surface area (Å²) >= 11 is 0. The quantitative estimate of drug-likeness (QED) is 0.819. The zero-order valence-corrected chi connectivity index (χ0v) is 9.81. The first-order chi connectivity index (χ1) is 8.16. The number of phenols is 1. The molecule has 1 aromatic carbocycles. The molecule has 4 nitrogen and oxygen atoms in total. The van der Waals surface area contributed by atoms with Gasteiger partial charge < -0.3 is 14.6 Å². The lowest BCUT2D eigenvalue weighted by atomic mass is 10.1. The summed E-state index contributed by atoms with van der Waals surface area (Å²) in [7, 11) is 0. The molecule has 0 spiro atoms. The van der Waals surface area contributed by atoms with Crippen molar-refractivity contribution in [1.29, 1.82) is 0 Å². The van der Waals surface area contributed by atoms with E-state index in [2.05, 4.69) is 0 Å². The largest absolute Gasteiger partial charge is 0.507 e. The van der Waals surface area contributed by atoms with Crippen molar-refractivity contribution in [2.45, 2.75) is 32.5 Å². The van der Waals surface area contributed by atoms with E-state index in [9.17, 15) is 9.90 Å². The number of Topliss-reactive ketones (excluding diaryl/α,β-unsaturated/α-hetero) is 1. The second-order valence-corrected chi connectivity index (χ2v) is 4.15. The summed E-state index contributed by atoms with van der Waals surface area (Å²) in [5.74, 6) is 0.354. The maximum absolute atomic E-state index is 11.3. The van der Waals surface area contributed by atoms with E-state index in [4.69, 9.17) is 9.47 Å². The van der Waals surface area contributed by atoms with Crippen LogP contribution in [-0.4, -0.2) is 23.8 Å². The van der Waals surface area contributed by atoms with Crippen LogP contribution in [0.15, 0.2) is 18.2 Å². The Bertz CT molecular complexity index is 408. The fourth-order valence-electron chi connectivity index (χ4n) is 1.83. The molecule has 0 unspecified atom stereocenters. The molecule has 1 aliphatic rings. The van der Waals surface area contributed by atoms with Gasteiger partial charge in [-0.25, -0.2) is 0 Å². The molecule has 2 rings (SSSR count). The third-order valence-electron chi connectivity index (χ3n) is 2.75. The van der Waals surface area contributed by atoms with Gasteiger partial charge >= 0.3 is 0 Å². The van der Waals surface area contributed by atoms with Crippen LogP contribution in [0.4, 0.5) is 0 Å². The molecule has 0 amide bonds. The van der Waals surface area contributed by atoms with Gasteiger partial charge in [0.15, 0.2) is 12.1 Å². The lowest BCUT2D eigenvalue weighted by molar-refractivity contribution is -0.105. The lowest BCUT2D eigenvalue weighted by Crippen LogP contribution is -2.25. The molecule has 1 saturated heterocycles. The number of hydrogen-bond donors (Lipinski definition) is 1. The summed E-state index contributed by atoms with van der Waals surface area (Å²) in [4.78, 5) is 11.3. The van der Waals surface area contributed by atoms with Crippen LogP contribution in [0.3, 0.4) is 0 Å². The first kappa shape index (κ1) is 11.9. The Balaban J connectivity index is 2.10. The highest BCUT2D eigenvalue weighted by atomic mass is 16.7. The van der Waals surface area contributed by atoms with Crippen LogP contribution >= 0.6 is 0 Å². The van der Waals surface area contributed by atoms with Gasteiger partial charge in [-0.1, -0.05) is 0 Å². The summed E-state index contributed by atoms with van der Waals surface area (Å²) in [6.45, 7) is 2.12. The molecule has 1 fully saturated rings. The van der Waals surface area contributed by atoms with Crippen molar-refractivity contribution in [3.8, 4) is 11.5 Å². The molecule has 4 heteroatoms. The van der Waals surface area contributed by atoms with Gasteiger partial charge in [0.2, 0.25) is 0 Å². The molecule has 17 heavy (non-hydrogen) atoms. The average molecular weight is 236 g/mol. The highest BCUT2D eigenvalue weighted by molar-refractivity contribution is 5.97. The molecule has 1 aliphatic heterocycles. The smallest absolute Gasteiger partial charge is 0.199 e. The molecule has 0 aromatic heterocycles. The summed E-state index contributed by atoms with van der Waals surface area (Å²) in [6.07, 6.45) is 2.76. The summed E-state index contributed by atoms with van der Waals surface area (Å²) in [5.41, 5.74) is 0.276. The van der Waals surface area contributed by atoms with Crippen molar-refractivity contribution in [2.75, 3.05) is 6.61 Å². The van der Waals surface area contributed by atoms with Crippen LogP contribution in [0, 0.1) is 0 Å². The predicted molar refractivity (Wildman–Crippen MR) is 62.3 cm³/mol. The first-order valence-corrected chi connectivity index (χ1v) is 5.79. The van der Waals surface area contributed by atoms with Crippen LogP contribution in [-0.2, 0) is 4.74 Å². The molecule has 1 aromatic rings. The Morgan fingerprint density at radius 2 is 2.29 bits per heavy atom. The molecule has 92 valence electrons. The molecule has 0 saturated carbocycles. The SMILES string of the molecule is CC(=O)c1cc(O[C@H]2CCCCO2)ccc1O. The highest BCUT2D eigenvalue weighted by Gasteiger charge is 2.16. The van der Waals surface area contributed by atoms with E-state index < -0.39 is 0 Å². The van der Waals surface area contributed by atoms with E-state index in [1.165, 1.54) is 13.0 Å². The lowest BCUT2D eigenvalue weighted by Gasteiger charge is -2.23. The number of carbonyl (C=O) groups excluding carboxylic acids is 1. The van der Waals surface area contributed by atoms with Gasteiger partial charge in [0.1, 0.15) is 11.5 Å². The maximum Gasteiger partial charge on any atom is 0.199 e. The van der Waals surface area contributed by atoms with Crippen LogP contribution in [0.25, 0.3) is 0 Å². The van der Waals surface area contributed by atoms with Gasteiger partial charge in [-0.15, -0.1) is 0 Å². The topological polar surface area (TPSA) is 55.8 Å². The van der Waals surface area contributed by atoms with Crippen molar-refractivity contribution in [1.82, 2.24) is 0 Å². The molecule has 0 radical (unpaired) electrons. The number of phenolic OH excluding ortho intramolecular Hbond substituents is 1. The number of hydrogen-bond acceptors (Lipinski definition) is 4. The monoisotopic (exact) mass is 236 g/mol. The molecule has 0 bridgehead atoms. The summed E-state index contributed by atoms with van der Waals surface area (Å²) in [5, 5.41) is 9.50.